The van der Waals surface area contributed by atoms with Crippen LogP contribution in [0.1, 0.15) is 49.7 Å². The molecule has 0 bridgehead atoms. The molecule has 3 heterocycles. The zero-order chi connectivity index (χ0) is 20.3. The van der Waals surface area contributed by atoms with Crippen LogP contribution in [0.5, 0.6) is 5.75 Å². The molecule has 2 saturated heterocycles. The third kappa shape index (κ3) is 4.52. The summed E-state index contributed by atoms with van der Waals surface area (Å²) in [4.78, 5) is 17.5. The van der Waals surface area contributed by atoms with Gasteiger partial charge in [-0.1, -0.05) is 12.5 Å². The summed E-state index contributed by atoms with van der Waals surface area (Å²) < 4.78 is 11.6. The Hall–Kier alpha value is -1.59. The number of amides is 1. The molecule has 0 spiro atoms. The van der Waals surface area contributed by atoms with Gasteiger partial charge in [0.25, 0.3) is 0 Å². The number of nitrogens with zero attached hydrogens (tertiary/aromatic N) is 2. The molecule has 5 rings (SSSR count). The fourth-order valence-corrected chi connectivity index (χ4v) is 5.51. The van der Waals surface area contributed by atoms with E-state index in [4.69, 9.17) is 9.47 Å². The number of rotatable bonds is 5. The molecule has 1 amide bonds. The van der Waals surface area contributed by atoms with Crippen molar-refractivity contribution in [3.63, 3.8) is 0 Å². The van der Waals surface area contributed by atoms with E-state index in [0.29, 0.717) is 18.4 Å². The second-order valence-corrected chi connectivity index (χ2v) is 9.69. The quantitative estimate of drug-likeness (QED) is 0.744. The van der Waals surface area contributed by atoms with Gasteiger partial charge < -0.3 is 14.4 Å². The first-order valence-corrected chi connectivity index (χ1v) is 12.1. The lowest BCUT2D eigenvalue weighted by Crippen LogP contribution is -2.41. The number of hydrogen-bond acceptors (Lipinski definition) is 4. The smallest absolute Gasteiger partial charge is 0.225 e. The van der Waals surface area contributed by atoms with Gasteiger partial charge in [0.15, 0.2) is 0 Å². The van der Waals surface area contributed by atoms with Crippen molar-refractivity contribution >= 4 is 5.91 Å². The van der Waals surface area contributed by atoms with Gasteiger partial charge >= 0.3 is 0 Å². The summed E-state index contributed by atoms with van der Waals surface area (Å²) in [5.41, 5.74) is 2.97. The number of benzene rings is 1. The molecule has 1 atom stereocenters. The van der Waals surface area contributed by atoms with Gasteiger partial charge in [0.2, 0.25) is 5.91 Å². The van der Waals surface area contributed by atoms with E-state index in [2.05, 4.69) is 28.0 Å². The molecular formula is C25H36N2O3. The highest BCUT2D eigenvalue weighted by atomic mass is 16.5. The Labute approximate surface area is 180 Å². The first-order chi connectivity index (χ1) is 14.8. The fraction of sp³-hybridized carbons (Fsp3) is 0.720. The van der Waals surface area contributed by atoms with E-state index in [1.54, 1.807) is 0 Å². The van der Waals surface area contributed by atoms with Crippen LogP contribution >= 0.6 is 0 Å². The Bertz CT molecular complexity index is 742. The third-order valence-corrected chi connectivity index (χ3v) is 7.76. The summed E-state index contributed by atoms with van der Waals surface area (Å²) in [6.07, 6.45) is 9.30. The van der Waals surface area contributed by atoms with Gasteiger partial charge in [-0.25, -0.2) is 0 Å². The highest BCUT2D eigenvalue weighted by Gasteiger charge is 2.32. The predicted molar refractivity (Wildman–Crippen MR) is 117 cm³/mol. The maximum Gasteiger partial charge on any atom is 0.225 e. The first-order valence-electron chi connectivity index (χ1n) is 12.1. The van der Waals surface area contributed by atoms with Crippen LogP contribution in [0.3, 0.4) is 0 Å². The van der Waals surface area contributed by atoms with Crippen molar-refractivity contribution in [1.82, 2.24) is 9.80 Å². The molecule has 0 aromatic heterocycles. The number of ether oxygens (including phenoxy) is 2. The summed E-state index contributed by atoms with van der Waals surface area (Å²) >= 11 is 0. The summed E-state index contributed by atoms with van der Waals surface area (Å²) in [5.74, 6) is 1.95. The topological polar surface area (TPSA) is 42.0 Å². The van der Waals surface area contributed by atoms with Gasteiger partial charge in [-0.2, -0.15) is 0 Å². The Morgan fingerprint density at radius 3 is 2.57 bits per heavy atom. The minimum absolute atomic E-state index is 0.169. The van der Waals surface area contributed by atoms with E-state index in [-0.39, 0.29) is 5.92 Å². The van der Waals surface area contributed by atoms with Crippen LogP contribution in [-0.4, -0.2) is 67.7 Å². The van der Waals surface area contributed by atoms with E-state index in [9.17, 15) is 4.79 Å². The fourth-order valence-electron chi connectivity index (χ4n) is 5.51. The lowest BCUT2D eigenvalue weighted by Gasteiger charge is -2.36. The standard InChI is InChI=1S/C25H36N2O3/c28-25(21-9-14-29-15-10-21)27-11-6-19(17-27)18-30-24-5-4-20-7-12-26(23-2-1-3-23)13-8-22(20)16-24/h4-5,16,19,21,23H,1-3,6-15,17-18H2/t19-/m0/s1. The first kappa shape index (κ1) is 20.3. The van der Waals surface area contributed by atoms with Crippen molar-refractivity contribution in [2.75, 3.05) is 46.0 Å². The molecule has 5 heteroatoms. The number of carbonyl (C=O) groups excluding carboxylic acids is 1. The van der Waals surface area contributed by atoms with Crippen LogP contribution in [0, 0.1) is 11.8 Å². The average Bonchev–Trinajstić information content (AvgIpc) is 3.13. The summed E-state index contributed by atoms with van der Waals surface area (Å²) in [6.45, 7) is 6.29. The van der Waals surface area contributed by atoms with Crippen molar-refractivity contribution in [2.24, 2.45) is 11.8 Å². The molecular weight excluding hydrogens is 376 g/mol. The molecule has 4 aliphatic rings. The number of fused-ring (bicyclic) bond motifs is 1. The molecule has 1 aromatic carbocycles. The van der Waals surface area contributed by atoms with Crippen molar-refractivity contribution in [1.29, 1.82) is 0 Å². The van der Waals surface area contributed by atoms with Gasteiger partial charge in [-0.05, 0) is 68.2 Å². The second kappa shape index (κ2) is 9.27. The van der Waals surface area contributed by atoms with Crippen molar-refractivity contribution < 1.29 is 14.3 Å². The van der Waals surface area contributed by atoms with Gasteiger partial charge in [0.1, 0.15) is 5.75 Å². The highest BCUT2D eigenvalue weighted by molar-refractivity contribution is 5.79. The molecule has 1 saturated carbocycles. The van der Waals surface area contributed by atoms with Gasteiger partial charge in [-0.3, -0.25) is 9.69 Å². The third-order valence-electron chi connectivity index (χ3n) is 7.76. The summed E-state index contributed by atoms with van der Waals surface area (Å²) in [7, 11) is 0. The lowest BCUT2D eigenvalue weighted by atomic mass is 9.91. The van der Waals surface area contributed by atoms with Crippen LogP contribution in [0.25, 0.3) is 0 Å². The molecule has 1 aliphatic carbocycles. The Morgan fingerprint density at radius 2 is 1.80 bits per heavy atom. The zero-order valence-electron chi connectivity index (χ0n) is 18.2. The minimum Gasteiger partial charge on any atom is -0.493 e. The van der Waals surface area contributed by atoms with E-state index in [1.807, 2.05) is 0 Å². The monoisotopic (exact) mass is 412 g/mol. The molecule has 1 aromatic rings. The van der Waals surface area contributed by atoms with E-state index in [0.717, 1.165) is 70.2 Å². The maximum atomic E-state index is 12.7. The molecule has 3 fully saturated rings. The van der Waals surface area contributed by atoms with Crippen LogP contribution < -0.4 is 4.74 Å². The normalized spacial score (nSPS) is 26.1. The van der Waals surface area contributed by atoms with Crippen molar-refractivity contribution in [3.05, 3.63) is 29.3 Å². The molecule has 3 aliphatic heterocycles. The molecule has 0 unspecified atom stereocenters. The van der Waals surface area contributed by atoms with Crippen molar-refractivity contribution in [2.45, 2.75) is 57.4 Å². The maximum absolute atomic E-state index is 12.7. The van der Waals surface area contributed by atoms with Crippen LogP contribution in [0.15, 0.2) is 18.2 Å². The lowest BCUT2D eigenvalue weighted by molar-refractivity contribution is -0.137. The van der Waals surface area contributed by atoms with Gasteiger partial charge in [-0.15, -0.1) is 0 Å². The molecule has 30 heavy (non-hydrogen) atoms. The predicted octanol–water partition coefficient (Wildman–Crippen LogP) is 3.29. The minimum atomic E-state index is 0.169. The van der Waals surface area contributed by atoms with Crippen LogP contribution in [-0.2, 0) is 22.4 Å². The van der Waals surface area contributed by atoms with E-state index in [1.165, 1.54) is 43.5 Å². The largest absolute Gasteiger partial charge is 0.493 e. The Morgan fingerprint density at radius 1 is 1.00 bits per heavy atom. The zero-order valence-corrected chi connectivity index (χ0v) is 18.2. The van der Waals surface area contributed by atoms with E-state index >= 15 is 0 Å². The number of carbonyl (C=O) groups is 1. The van der Waals surface area contributed by atoms with Crippen LogP contribution in [0.2, 0.25) is 0 Å². The summed E-state index contributed by atoms with van der Waals surface area (Å²) in [5, 5.41) is 0. The Kier molecular flexibility index (Phi) is 6.28. The summed E-state index contributed by atoms with van der Waals surface area (Å²) in [6, 6.07) is 7.55. The number of hydrogen-bond donors (Lipinski definition) is 0. The second-order valence-electron chi connectivity index (χ2n) is 9.69. The molecule has 164 valence electrons. The molecule has 0 N–H and O–H groups in total. The van der Waals surface area contributed by atoms with Gasteiger partial charge in [0, 0.05) is 57.3 Å². The Balaban J connectivity index is 1.11. The SMILES string of the molecule is O=C(C1CCOCC1)N1CC[C@H](COc2ccc3c(c2)CCN(C2CCC2)CC3)C1. The van der Waals surface area contributed by atoms with Gasteiger partial charge in [0.05, 0.1) is 6.61 Å². The van der Waals surface area contributed by atoms with E-state index < -0.39 is 0 Å². The average molecular weight is 413 g/mol. The molecule has 0 radical (unpaired) electrons. The van der Waals surface area contributed by atoms with Crippen LogP contribution in [0.4, 0.5) is 0 Å². The van der Waals surface area contributed by atoms with Crippen molar-refractivity contribution in [3.8, 4) is 5.75 Å². The molecule has 5 nitrogen and oxygen atoms in total. The highest BCUT2D eigenvalue weighted by Crippen LogP contribution is 2.29. The number of likely N-dealkylation sites (tertiary alicyclic amines) is 1.